The summed E-state index contributed by atoms with van der Waals surface area (Å²) in [5.41, 5.74) is 0. The lowest BCUT2D eigenvalue weighted by molar-refractivity contribution is -0.138. The van der Waals surface area contributed by atoms with Crippen molar-refractivity contribution in [1.82, 2.24) is 0 Å². The Labute approximate surface area is 96.8 Å². The largest absolute Gasteiger partial charge is 0.480 e. The Bertz CT molecular complexity index is 226. The molecule has 15 heavy (non-hydrogen) atoms. The lowest BCUT2D eigenvalue weighted by Crippen LogP contribution is -2.33. The van der Waals surface area contributed by atoms with Crippen LogP contribution in [-0.2, 0) is 4.79 Å². The zero-order valence-corrected chi connectivity index (χ0v) is 10.8. The molecule has 1 saturated carbocycles. The first-order valence-corrected chi connectivity index (χ1v) is 6.76. The van der Waals surface area contributed by atoms with E-state index in [0.717, 1.165) is 5.92 Å². The van der Waals surface area contributed by atoms with Crippen LogP contribution in [0.1, 0.15) is 52.9 Å². The molecule has 0 spiro atoms. The molecule has 1 aliphatic carbocycles. The lowest BCUT2D eigenvalue weighted by Gasteiger charge is -2.34. The molecule has 0 aromatic carbocycles. The molecule has 3 heteroatoms. The van der Waals surface area contributed by atoms with Crippen LogP contribution in [0.3, 0.4) is 0 Å². The van der Waals surface area contributed by atoms with Gasteiger partial charge in [-0.05, 0) is 32.6 Å². The summed E-state index contributed by atoms with van der Waals surface area (Å²) in [6, 6.07) is 0. The van der Waals surface area contributed by atoms with E-state index in [-0.39, 0.29) is 0 Å². The van der Waals surface area contributed by atoms with Crippen LogP contribution in [0, 0.1) is 5.92 Å². The van der Waals surface area contributed by atoms with Crippen molar-refractivity contribution in [2.45, 2.75) is 62.9 Å². The van der Waals surface area contributed by atoms with Crippen molar-refractivity contribution in [1.29, 1.82) is 0 Å². The Morgan fingerprint density at radius 3 is 2.53 bits per heavy atom. The predicted octanol–water partition coefficient (Wildman–Crippen LogP) is 3.55. The van der Waals surface area contributed by atoms with Crippen molar-refractivity contribution < 1.29 is 9.90 Å². The quantitative estimate of drug-likeness (QED) is 0.802. The molecule has 0 heterocycles. The highest BCUT2D eigenvalue weighted by atomic mass is 32.2. The number of carboxylic acid groups (broad SMARTS) is 1. The van der Waals surface area contributed by atoms with Crippen molar-refractivity contribution in [3.05, 3.63) is 0 Å². The molecule has 2 nitrogen and oxygen atoms in total. The maximum absolute atomic E-state index is 11.1. The molecule has 0 aromatic rings. The molecule has 0 saturated heterocycles. The van der Waals surface area contributed by atoms with Crippen molar-refractivity contribution in [2.75, 3.05) is 0 Å². The topological polar surface area (TPSA) is 37.3 Å². The van der Waals surface area contributed by atoms with Gasteiger partial charge in [-0.25, -0.2) is 0 Å². The van der Waals surface area contributed by atoms with Gasteiger partial charge in [0.15, 0.2) is 0 Å². The molecule has 2 atom stereocenters. The summed E-state index contributed by atoms with van der Waals surface area (Å²) in [4.78, 5) is 11.1. The minimum atomic E-state index is -0.687. The molecule has 2 unspecified atom stereocenters. The summed E-state index contributed by atoms with van der Waals surface area (Å²) in [6.07, 6.45) is 6.25. The van der Waals surface area contributed by atoms with Crippen molar-refractivity contribution in [2.24, 2.45) is 5.92 Å². The second kappa shape index (κ2) is 5.24. The summed E-state index contributed by atoms with van der Waals surface area (Å²) in [5, 5.41) is 9.66. The highest BCUT2D eigenvalue weighted by Gasteiger charge is 2.35. The first kappa shape index (κ1) is 12.9. The van der Waals surface area contributed by atoms with E-state index in [0.29, 0.717) is 5.25 Å². The van der Waals surface area contributed by atoms with Gasteiger partial charge in [-0.15, -0.1) is 11.8 Å². The van der Waals surface area contributed by atoms with Crippen molar-refractivity contribution in [3.8, 4) is 0 Å². The molecule has 0 radical (unpaired) electrons. The van der Waals surface area contributed by atoms with Crippen molar-refractivity contribution >= 4 is 17.7 Å². The molecule has 1 aliphatic rings. The molecule has 0 bridgehead atoms. The van der Waals surface area contributed by atoms with E-state index in [9.17, 15) is 4.79 Å². The first-order chi connectivity index (χ1) is 6.97. The van der Waals surface area contributed by atoms with Gasteiger partial charge in [0.1, 0.15) is 4.75 Å². The van der Waals surface area contributed by atoms with Crippen LogP contribution in [-0.4, -0.2) is 21.1 Å². The van der Waals surface area contributed by atoms with Gasteiger partial charge in [-0.1, -0.05) is 26.2 Å². The summed E-state index contributed by atoms with van der Waals surface area (Å²) in [5.74, 6) is 0.0373. The Morgan fingerprint density at radius 1 is 1.40 bits per heavy atom. The molecule has 88 valence electrons. The Hall–Kier alpha value is -0.180. The van der Waals surface area contributed by atoms with E-state index >= 15 is 0 Å². The third-order valence-corrected chi connectivity index (χ3v) is 5.01. The van der Waals surface area contributed by atoms with E-state index in [2.05, 4.69) is 6.92 Å². The SMILES string of the molecule is CCC1CCCCC1SC(C)(C)C(=O)O. The van der Waals surface area contributed by atoms with Gasteiger partial charge in [0.25, 0.3) is 0 Å². The minimum Gasteiger partial charge on any atom is -0.480 e. The van der Waals surface area contributed by atoms with Crippen LogP contribution >= 0.6 is 11.8 Å². The van der Waals surface area contributed by atoms with Crippen LogP contribution in [0.25, 0.3) is 0 Å². The fourth-order valence-electron chi connectivity index (χ4n) is 2.22. The molecule has 1 N–H and O–H groups in total. The summed E-state index contributed by atoms with van der Waals surface area (Å²) < 4.78 is -0.630. The maximum atomic E-state index is 11.1. The normalized spacial score (nSPS) is 27.7. The molecule has 0 aliphatic heterocycles. The molecule has 0 amide bonds. The van der Waals surface area contributed by atoms with Crippen LogP contribution in [0.2, 0.25) is 0 Å². The van der Waals surface area contributed by atoms with Crippen LogP contribution in [0.15, 0.2) is 0 Å². The highest BCUT2D eigenvalue weighted by molar-refractivity contribution is 8.01. The maximum Gasteiger partial charge on any atom is 0.319 e. The zero-order valence-electron chi connectivity index (χ0n) is 9.95. The summed E-state index contributed by atoms with van der Waals surface area (Å²) in [7, 11) is 0. The molecular weight excluding hydrogens is 208 g/mol. The fourth-order valence-corrected chi connectivity index (χ4v) is 3.89. The van der Waals surface area contributed by atoms with Gasteiger partial charge in [0.05, 0.1) is 0 Å². The van der Waals surface area contributed by atoms with Gasteiger partial charge in [0, 0.05) is 5.25 Å². The zero-order chi connectivity index (χ0) is 11.5. The molecule has 0 aromatic heterocycles. The van der Waals surface area contributed by atoms with Crippen LogP contribution < -0.4 is 0 Å². The Kier molecular flexibility index (Phi) is 4.50. The van der Waals surface area contributed by atoms with E-state index in [1.165, 1.54) is 32.1 Å². The lowest BCUT2D eigenvalue weighted by atomic mass is 9.87. The van der Waals surface area contributed by atoms with E-state index in [1.807, 2.05) is 13.8 Å². The van der Waals surface area contributed by atoms with Gasteiger partial charge >= 0.3 is 5.97 Å². The monoisotopic (exact) mass is 230 g/mol. The number of hydrogen-bond acceptors (Lipinski definition) is 2. The number of carboxylic acids is 1. The number of hydrogen-bond donors (Lipinski definition) is 1. The molecular formula is C12H22O2S. The van der Waals surface area contributed by atoms with Gasteiger partial charge in [-0.3, -0.25) is 4.79 Å². The average molecular weight is 230 g/mol. The highest BCUT2D eigenvalue weighted by Crippen LogP contribution is 2.41. The standard InChI is InChI=1S/C12H22O2S/c1-4-9-7-5-6-8-10(9)15-12(2,3)11(13)14/h9-10H,4-8H2,1-3H3,(H,13,14). The van der Waals surface area contributed by atoms with Crippen LogP contribution in [0.5, 0.6) is 0 Å². The molecule has 1 rings (SSSR count). The van der Waals surface area contributed by atoms with Gasteiger partial charge in [0.2, 0.25) is 0 Å². The first-order valence-electron chi connectivity index (χ1n) is 5.88. The summed E-state index contributed by atoms with van der Waals surface area (Å²) >= 11 is 1.66. The number of rotatable bonds is 4. The van der Waals surface area contributed by atoms with E-state index in [1.54, 1.807) is 11.8 Å². The predicted molar refractivity (Wildman–Crippen MR) is 65.3 cm³/mol. The summed E-state index contributed by atoms with van der Waals surface area (Å²) in [6.45, 7) is 5.86. The van der Waals surface area contributed by atoms with E-state index in [4.69, 9.17) is 5.11 Å². The third kappa shape index (κ3) is 3.40. The second-order valence-corrected chi connectivity index (χ2v) is 6.79. The average Bonchev–Trinajstić information content (AvgIpc) is 2.18. The minimum absolute atomic E-state index is 0.551. The van der Waals surface area contributed by atoms with Gasteiger partial charge in [-0.2, -0.15) is 0 Å². The smallest absolute Gasteiger partial charge is 0.319 e. The van der Waals surface area contributed by atoms with Crippen LogP contribution in [0.4, 0.5) is 0 Å². The van der Waals surface area contributed by atoms with Crippen molar-refractivity contribution in [3.63, 3.8) is 0 Å². The third-order valence-electron chi connectivity index (χ3n) is 3.32. The number of aliphatic carboxylic acids is 1. The number of carbonyl (C=O) groups is 1. The Morgan fingerprint density at radius 2 is 2.00 bits per heavy atom. The Balaban J connectivity index is 2.58. The van der Waals surface area contributed by atoms with E-state index < -0.39 is 10.7 Å². The fraction of sp³-hybridized carbons (Fsp3) is 0.917. The molecule has 1 fully saturated rings. The van der Waals surface area contributed by atoms with Gasteiger partial charge < -0.3 is 5.11 Å². The second-order valence-electron chi connectivity index (χ2n) is 4.92. The number of thioether (sulfide) groups is 1.